The van der Waals surface area contributed by atoms with Crippen LogP contribution in [0.2, 0.25) is 0 Å². The number of aryl methyl sites for hydroxylation is 1. The molecule has 1 N–H and O–H groups in total. The molecule has 0 bridgehead atoms. The van der Waals surface area contributed by atoms with Gasteiger partial charge in [0.15, 0.2) is 11.5 Å². The predicted octanol–water partition coefficient (Wildman–Crippen LogP) is 2.90. The SMILES string of the molecule is O=C1N[C@]2(CCCc3ccccc32)C(=O)N1CC(=O)N1CCC[C@@H]1c1ccc2c(c1)OCCO2. The fraction of sp³-hybridized carbons (Fsp3) is 0.423. The monoisotopic (exact) mass is 461 g/mol. The van der Waals surface area contributed by atoms with Crippen molar-refractivity contribution in [1.29, 1.82) is 0 Å². The molecule has 34 heavy (non-hydrogen) atoms. The van der Waals surface area contributed by atoms with E-state index in [2.05, 4.69) is 5.32 Å². The maximum Gasteiger partial charge on any atom is 0.325 e. The van der Waals surface area contributed by atoms with Crippen LogP contribution >= 0.6 is 0 Å². The van der Waals surface area contributed by atoms with Crippen LogP contribution in [0.5, 0.6) is 11.5 Å². The van der Waals surface area contributed by atoms with Gasteiger partial charge in [-0.1, -0.05) is 30.3 Å². The first-order chi connectivity index (χ1) is 16.6. The number of likely N-dealkylation sites (tertiary alicyclic amines) is 1. The fourth-order valence-corrected chi connectivity index (χ4v) is 5.86. The third-order valence-electron chi connectivity index (χ3n) is 7.47. The summed E-state index contributed by atoms with van der Waals surface area (Å²) in [5.41, 5.74) is 1.84. The first kappa shape index (κ1) is 21.0. The van der Waals surface area contributed by atoms with Crippen LogP contribution in [0.25, 0.3) is 0 Å². The normalized spacial score (nSPS) is 25.5. The Morgan fingerprint density at radius 2 is 1.88 bits per heavy atom. The maximum atomic E-state index is 13.6. The first-order valence-electron chi connectivity index (χ1n) is 12.0. The highest BCUT2D eigenvalue weighted by Gasteiger charge is 2.54. The molecule has 0 radical (unpaired) electrons. The van der Waals surface area contributed by atoms with Crippen LogP contribution in [0.4, 0.5) is 4.79 Å². The molecule has 1 aliphatic carbocycles. The van der Waals surface area contributed by atoms with Gasteiger partial charge >= 0.3 is 6.03 Å². The average molecular weight is 462 g/mol. The average Bonchev–Trinajstić information content (AvgIpc) is 3.44. The summed E-state index contributed by atoms with van der Waals surface area (Å²) in [6.45, 7) is 1.37. The molecule has 2 atom stereocenters. The van der Waals surface area contributed by atoms with E-state index in [1.165, 1.54) is 0 Å². The number of urea groups is 1. The highest BCUT2D eigenvalue weighted by molar-refractivity contribution is 6.09. The van der Waals surface area contributed by atoms with Crippen LogP contribution in [-0.2, 0) is 21.5 Å². The minimum Gasteiger partial charge on any atom is -0.486 e. The summed E-state index contributed by atoms with van der Waals surface area (Å²) in [5.74, 6) is 0.855. The summed E-state index contributed by atoms with van der Waals surface area (Å²) >= 11 is 0. The molecule has 2 aromatic carbocycles. The highest BCUT2D eigenvalue weighted by Crippen LogP contribution is 2.41. The molecule has 176 valence electrons. The van der Waals surface area contributed by atoms with Gasteiger partial charge in [0.05, 0.1) is 6.04 Å². The molecule has 8 nitrogen and oxygen atoms in total. The topological polar surface area (TPSA) is 88.2 Å². The van der Waals surface area contributed by atoms with Crippen molar-refractivity contribution in [1.82, 2.24) is 15.1 Å². The van der Waals surface area contributed by atoms with Gasteiger partial charge in [0, 0.05) is 6.54 Å². The smallest absolute Gasteiger partial charge is 0.325 e. The van der Waals surface area contributed by atoms with E-state index >= 15 is 0 Å². The second-order valence-electron chi connectivity index (χ2n) is 9.39. The van der Waals surface area contributed by atoms with Crippen molar-refractivity contribution in [2.75, 3.05) is 26.3 Å². The molecule has 2 fully saturated rings. The van der Waals surface area contributed by atoms with Crippen molar-refractivity contribution < 1.29 is 23.9 Å². The van der Waals surface area contributed by atoms with Gasteiger partial charge in [0.25, 0.3) is 5.91 Å². The number of amides is 4. The summed E-state index contributed by atoms with van der Waals surface area (Å²) in [4.78, 5) is 42.7. The fourth-order valence-electron chi connectivity index (χ4n) is 5.86. The molecule has 0 aromatic heterocycles. The van der Waals surface area contributed by atoms with E-state index < -0.39 is 11.6 Å². The van der Waals surface area contributed by atoms with Crippen LogP contribution in [0.3, 0.4) is 0 Å². The van der Waals surface area contributed by atoms with E-state index in [-0.39, 0.29) is 24.4 Å². The molecule has 4 amide bonds. The molecule has 8 heteroatoms. The van der Waals surface area contributed by atoms with Crippen molar-refractivity contribution in [3.63, 3.8) is 0 Å². The van der Waals surface area contributed by atoms with E-state index in [1.54, 1.807) is 4.90 Å². The Hall–Kier alpha value is -3.55. The standard InChI is InChI=1S/C26H27N3O5/c30-23(28-12-4-8-20(28)18-9-10-21-22(15-18)34-14-13-33-21)16-29-24(31)26(27-25(29)32)11-3-6-17-5-1-2-7-19(17)26/h1-2,5,7,9-10,15,20H,3-4,6,8,11-14,16H2,(H,27,32)/t20-,26+/m1/s1. The number of hydrogen-bond acceptors (Lipinski definition) is 5. The number of nitrogens with one attached hydrogen (secondary N) is 1. The molecule has 1 spiro atoms. The zero-order valence-corrected chi connectivity index (χ0v) is 18.9. The largest absolute Gasteiger partial charge is 0.486 e. The van der Waals surface area contributed by atoms with Gasteiger partial charge < -0.3 is 19.7 Å². The summed E-state index contributed by atoms with van der Waals surface area (Å²) in [7, 11) is 0. The molecule has 4 aliphatic rings. The van der Waals surface area contributed by atoms with E-state index in [1.807, 2.05) is 42.5 Å². The van der Waals surface area contributed by atoms with Crippen molar-refractivity contribution in [3.8, 4) is 11.5 Å². The molecule has 2 saturated heterocycles. The van der Waals surface area contributed by atoms with Crippen molar-refractivity contribution in [3.05, 3.63) is 59.2 Å². The number of rotatable bonds is 3. The zero-order chi connectivity index (χ0) is 23.3. The maximum absolute atomic E-state index is 13.6. The van der Waals surface area contributed by atoms with Gasteiger partial charge in [-0.05, 0) is 60.9 Å². The lowest BCUT2D eigenvalue weighted by Crippen LogP contribution is -2.47. The van der Waals surface area contributed by atoms with Crippen LogP contribution in [-0.4, -0.2) is 53.9 Å². The highest BCUT2D eigenvalue weighted by atomic mass is 16.6. The number of benzene rings is 2. The molecule has 0 saturated carbocycles. The Labute approximate surface area is 197 Å². The Kier molecular flexibility index (Phi) is 4.97. The molecular weight excluding hydrogens is 434 g/mol. The Bertz CT molecular complexity index is 1180. The molecule has 2 aromatic rings. The van der Waals surface area contributed by atoms with Crippen LogP contribution in [0.1, 0.15) is 48.4 Å². The number of ether oxygens (including phenoxy) is 2. The Morgan fingerprint density at radius 3 is 2.76 bits per heavy atom. The zero-order valence-electron chi connectivity index (χ0n) is 18.9. The minimum atomic E-state index is -1.06. The summed E-state index contributed by atoms with van der Waals surface area (Å²) in [6.07, 6.45) is 3.92. The van der Waals surface area contributed by atoms with Gasteiger partial charge in [0.1, 0.15) is 25.3 Å². The predicted molar refractivity (Wildman–Crippen MR) is 122 cm³/mol. The third-order valence-corrected chi connectivity index (χ3v) is 7.47. The number of imide groups is 1. The molecule has 0 unspecified atom stereocenters. The lowest BCUT2D eigenvalue weighted by molar-refractivity contribution is -0.140. The molecular formula is C26H27N3O5. The van der Waals surface area contributed by atoms with E-state index in [9.17, 15) is 14.4 Å². The van der Waals surface area contributed by atoms with Crippen LogP contribution < -0.4 is 14.8 Å². The summed E-state index contributed by atoms with van der Waals surface area (Å²) in [5, 5.41) is 2.93. The lowest BCUT2D eigenvalue weighted by Gasteiger charge is -2.33. The molecule has 3 aliphatic heterocycles. The first-order valence-corrected chi connectivity index (χ1v) is 12.0. The molecule has 6 rings (SSSR count). The van der Waals surface area contributed by atoms with Crippen molar-refractivity contribution in [2.45, 2.75) is 43.7 Å². The number of carbonyl (C=O) groups excluding carboxylic acids is 3. The number of carbonyl (C=O) groups is 3. The lowest BCUT2D eigenvalue weighted by atomic mass is 9.76. The van der Waals surface area contributed by atoms with E-state index in [4.69, 9.17) is 9.47 Å². The number of nitrogens with zero attached hydrogens (tertiary/aromatic N) is 2. The van der Waals surface area contributed by atoms with Crippen molar-refractivity contribution >= 4 is 17.8 Å². The molecule has 3 heterocycles. The van der Waals surface area contributed by atoms with Crippen LogP contribution in [0, 0.1) is 0 Å². The van der Waals surface area contributed by atoms with Crippen LogP contribution in [0.15, 0.2) is 42.5 Å². The van der Waals surface area contributed by atoms with E-state index in [0.717, 1.165) is 47.3 Å². The summed E-state index contributed by atoms with van der Waals surface area (Å²) < 4.78 is 11.3. The number of fused-ring (bicyclic) bond motifs is 3. The second kappa shape index (κ2) is 8.04. The van der Waals surface area contributed by atoms with Gasteiger partial charge in [-0.15, -0.1) is 0 Å². The Balaban J connectivity index is 1.22. The van der Waals surface area contributed by atoms with Gasteiger partial charge in [0.2, 0.25) is 5.91 Å². The van der Waals surface area contributed by atoms with Crippen molar-refractivity contribution in [2.24, 2.45) is 0 Å². The quantitative estimate of drug-likeness (QED) is 0.711. The Morgan fingerprint density at radius 1 is 1.06 bits per heavy atom. The van der Waals surface area contributed by atoms with E-state index in [0.29, 0.717) is 37.7 Å². The van der Waals surface area contributed by atoms with Gasteiger partial charge in [-0.2, -0.15) is 0 Å². The van der Waals surface area contributed by atoms with Gasteiger partial charge in [-0.25, -0.2) is 4.79 Å². The second-order valence-corrected chi connectivity index (χ2v) is 9.39. The van der Waals surface area contributed by atoms with Gasteiger partial charge in [-0.3, -0.25) is 14.5 Å². The number of hydrogen-bond donors (Lipinski definition) is 1. The summed E-state index contributed by atoms with van der Waals surface area (Å²) in [6, 6.07) is 12.9. The third kappa shape index (κ3) is 3.23. The minimum absolute atomic E-state index is 0.117.